The number of halogens is 1. The highest BCUT2D eigenvalue weighted by Crippen LogP contribution is 2.23. The fourth-order valence-electron chi connectivity index (χ4n) is 3.64. The normalized spacial score (nSPS) is 20.0. The molecule has 0 aromatic heterocycles. The number of nitrogens with one attached hydrogen (secondary N) is 3. The van der Waals surface area contributed by atoms with E-state index in [1.54, 1.807) is 7.05 Å². The zero-order chi connectivity index (χ0) is 21.9. The summed E-state index contributed by atoms with van der Waals surface area (Å²) >= 11 is 0. The van der Waals surface area contributed by atoms with E-state index in [1.165, 1.54) is 0 Å². The lowest BCUT2D eigenvalue weighted by atomic mass is 9.95. The van der Waals surface area contributed by atoms with Crippen molar-refractivity contribution >= 4 is 46.6 Å². The molecule has 1 saturated carbocycles. The predicted molar refractivity (Wildman–Crippen MR) is 141 cm³/mol. The van der Waals surface area contributed by atoms with E-state index in [2.05, 4.69) is 20.9 Å². The second-order valence-corrected chi connectivity index (χ2v) is 9.99. The van der Waals surface area contributed by atoms with Gasteiger partial charge in [-0.05, 0) is 51.1 Å². The quantitative estimate of drug-likeness (QED) is 0.244. The molecule has 2 rings (SSSR count). The molecule has 0 bridgehead atoms. The van der Waals surface area contributed by atoms with Crippen molar-refractivity contribution in [1.29, 1.82) is 0 Å². The highest BCUT2D eigenvalue weighted by atomic mass is 127. The topological polar surface area (TPSA) is 85.8 Å². The summed E-state index contributed by atoms with van der Waals surface area (Å²) in [6.45, 7) is 4.00. The maximum Gasteiger partial charge on any atom is 0.251 e. The lowest BCUT2D eigenvalue weighted by molar-refractivity contribution is 0.0951. The molecule has 0 aliphatic heterocycles. The molecule has 1 fully saturated rings. The van der Waals surface area contributed by atoms with E-state index < -0.39 is 10.8 Å². The van der Waals surface area contributed by atoms with Crippen LogP contribution in [0.4, 0.5) is 0 Å². The lowest BCUT2D eigenvalue weighted by Crippen LogP contribution is -2.46. The van der Waals surface area contributed by atoms with Gasteiger partial charge >= 0.3 is 0 Å². The standard InChI is InChI=1S/C22H37N5O2S.HI/c1-5-30(29)20-11-7-10-19(15-20)26-22(23-2)25-16-17-8-6-9-18(14-17)21(28)24-12-13-27(3)4;/h6,8-9,14,19-20H,5,7,10-13,15-16H2,1-4H3,(H,24,28)(H2,23,25,26);1H. The van der Waals surface area contributed by atoms with Gasteiger partial charge in [-0.2, -0.15) is 0 Å². The molecule has 7 nitrogen and oxygen atoms in total. The molecule has 9 heteroatoms. The molecule has 31 heavy (non-hydrogen) atoms. The second kappa shape index (κ2) is 14.8. The summed E-state index contributed by atoms with van der Waals surface area (Å²) in [7, 11) is 4.98. The molecular weight excluding hydrogens is 525 g/mol. The first-order valence-electron chi connectivity index (χ1n) is 10.8. The number of hydrogen-bond donors (Lipinski definition) is 3. The highest BCUT2D eigenvalue weighted by molar-refractivity contribution is 14.0. The van der Waals surface area contributed by atoms with Crippen molar-refractivity contribution < 1.29 is 9.00 Å². The summed E-state index contributed by atoms with van der Waals surface area (Å²) in [5.74, 6) is 1.41. The SMILES string of the molecule is CCS(=O)C1CCCC(NC(=NC)NCc2cccc(C(=O)NCCN(C)C)c2)C1.I. The van der Waals surface area contributed by atoms with Crippen LogP contribution in [0.1, 0.15) is 48.5 Å². The Morgan fingerprint density at radius 1 is 1.26 bits per heavy atom. The first-order valence-corrected chi connectivity index (χ1v) is 12.2. The number of guanidine groups is 1. The molecule has 3 atom stereocenters. The number of likely N-dealkylation sites (N-methyl/N-ethyl adjacent to an activating group) is 1. The van der Waals surface area contributed by atoms with E-state index >= 15 is 0 Å². The summed E-state index contributed by atoms with van der Waals surface area (Å²) in [5, 5.41) is 10.0. The molecular formula is C22H38IN5O2S. The average molecular weight is 564 g/mol. The molecule has 176 valence electrons. The molecule has 1 amide bonds. The Kier molecular flexibility index (Phi) is 13.3. The van der Waals surface area contributed by atoms with E-state index in [4.69, 9.17) is 0 Å². The summed E-state index contributed by atoms with van der Waals surface area (Å²) in [4.78, 5) is 18.7. The Morgan fingerprint density at radius 3 is 2.71 bits per heavy atom. The molecule has 1 aliphatic carbocycles. The summed E-state index contributed by atoms with van der Waals surface area (Å²) < 4.78 is 12.2. The van der Waals surface area contributed by atoms with Crippen LogP contribution in [-0.4, -0.2) is 72.3 Å². The Morgan fingerprint density at radius 2 is 2.03 bits per heavy atom. The molecule has 0 saturated heterocycles. The fraction of sp³-hybridized carbons (Fsp3) is 0.636. The van der Waals surface area contributed by atoms with Crippen LogP contribution in [0.15, 0.2) is 29.3 Å². The maximum atomic E-state index is 12.3. The van der Waals surface area contributed by atoms with E-state index in [0.29, 0.717) is 24.7 Å². The summed E-state index contributed by atoms with van der Waals surface area (Å²) in [6.07, 6.45) is 4.13. The van der Waals surface area contributed by atoms with Crippen LogP contribution < -0.4 is 16.0 Å². The van der Waals surface area contributed by atoms with E-state index in [9.17, 15) is 9.00 Å². The lowest BCUT2D eigenvalue weighted by Gasteiger charge is -2.30. The van der Waals surface area contributed by atoms with Gasteiger partial charge in [-0.15, -0.1) is 24.0 Å². The smallest absolute Gasteiger partial charge is 0.251 e. The minimum absolute atomic E-state index is 0. The molecule has 1 aromatic carbocycles. The third-order valence-electron chi connectivity index (χ3n) is 5.34. The number of hydrogen-bond acceptors (Lipinski definition) is 4. The number of aliphatic imine (C=N–C) groups is 1. The maximum absolute atomic E-state index is 12.3. The fourth-order valence-corrected chi connectivity index (χ4v) is 4.99. The number of benzene rings is 1. The minimum atomic E-state index is -0.738. The van der Waals surface area contributed by atoms with Crippen molar-refractivity contribution in [2.24, 2.45) is 4.99 Å². The number of carbonyl (C=O) groups excluding carboxylic acids is 1. The van der Waals surface area contributed by atoms with Gasteiger partial charge in [0.05, 0.1) is 0 Å². The van der Waals surface area contributed by atoms with Gasteiger partial charge in [0.2, 0.25) is 0 Å². The number of carbonyl (C=O) groups is 1. The van der Waals surface area contributed by atoms with E-state index in [1.807, 2.05) is 50.2 Å². The van der Waals surface area contributed by atoms with Crippen molar-refractivity contribution in [3.05, 3.63) is 35.4 Å². The first kappa shape index (κ1) is 27.8. The van der Waals surface area contributed by atoms with Crippen molar-refractivity contribution in [2.75, 3.05) is 40.0 Å². The molecule has 1 aliphatic rings. The Hall–Kier alpha value is -1.20. The Bertz CT molecular complexity index is 744. The van der Waals surface area contributed by atoms with Gasteiger partial charge in [0.25, 0.3) is 5.91 Å². The Balaban J connectivity index is 0.00000480. The molecule has 3 N–H and O–H groups in total. The van der Waals surface area contributed by atoms with Crippen LogP contribution in [0.5, 0.6) is 0 Å². The van der Waals surface area contributed by atoms with Crippen LogP contribution in [0, 0.1) is 0 Å². The summed E-state index contributed by atoms with van der Waals surface area (Å²) in [6, 6.07) is 7.93. The van der Waals surface area contributed by atoms with Crippen molar-refractivity contribution in [3.8, 4) is 0 Å². The van der Waals surface area contributed by atoms with Crippen LogP contribution >= 0.6 is 24.0 Å². The molecule has 0 radical (unpaired) electrons. The van der Waals surface area contributed by atoms with Gasteiger partial charge in [-0.25, -0.2) is 0 Å². The predicted octanol–water partition coefficient (Wildman–Crippen LogP) is 2.34. The van der Waals surface area contributed by atoms with Crippen molar-refractivity contribution in [1.82, 2.24) is 20.9 Å². The van der Waals surface area contributed by atoms with Gasteiger partial charge in [-0.3, -0.25) is 14.0 Å². The van der Waals surface area contributed by atoms with Crippen molar-refractivity contribution in [3.63, 3.8) is 0 Å². The van der Waals surface area contributed by atoms with Crippen LogP contribution in [-0.2, 0) is 17.3 Å². The second-order valence-electron chi connectivity index (χ2n) is 7.98. The third kappa shape index (κ3) is 9.86. The largest absolute Gasteiger partial charge is 0.354 e. The van der Waals surface area contributed by atoms with Crippen LogP contribution in [0.2, 0.25) is 0 Å². The zero-order valence-corrected chi connectivity index (χ0v) is 22.3. The van der Waals surface area contributed by atoms with Gasteiger partial charge in [0.15, 0.2) is 5.96 Å². The van der Waals surface area contributed by atoms with Gasteiger partial charge in [-0.1, -0.05) is 25.5 Å². The number of nitrogens with zero attached hydrogens (tertiary/aromatic N) is 2. The van der Waals surface area contributed by atoms with Crippen molar-refractivity contribution in [2.45, 2.75) is 50.4 Å². The molecule has 0 spiro atoms. The molecule has 0 heterocycles. The number of amides is 1. The zero-order valence-electron chi connectivity index (χ0n) is 19.1. The minimum Gasteiger partial charge on any atom is -0.354 e. The highest BCUT2D eigenvalue weighted by Gasteiger charge is 2.26. The van der Waals surface area contributed by atoms with Gasteiger partial charge in [0.1, 0.15) is 0 Å². The average Bonchev–Trinajstić information content (AvgIpc) is 2.76. The van der Waals surface area contributed by atoms with Crippen LogP contribution in [0.25, 0.3) is 0 Å². The first-order chi connectivity index (χ1) is 14.4. The van der Waals surface area contributed by atoms with Gasteiger partial charge in [0, 0.05) is 60.1 Å². The van der Waals surface area contributed by atoms with Gasteiger partial charge < -0.3 is 20.9 Å². The van der Waals surface area contributed by atoms with Crippen LogP contribution in [0.3, 0.4) is 0 Å². The molecule has 1 aromatic rings. The summed E-state index contributed by atoms with van der Waals surface area (Å²) in [5.41, 5.74) is 1.68. The van der Waals surface area contributed by atoms with E-state index in [-0.39, 0.29) is 35.1 Å². The number of rotatable bonds is 9. The monoisotopic (exact) mass is 563 g/mol. The van der Waals surface area contributed by atoms with E-state index in [0.717, 1.165) is 49.5 Å². The Labute approximate surface area is 206 Å². The third-order valence-corrected chi connectivity index (χ3v) is 7.08. The molecule has 3 unspecified atom stereocenters.